The van der Waals surface area contributed by atoms with Crippen molar-refractivity contribution in [3.05, 3.63) is 60.2 Å². The van der Waals surface area contributed by atoms with Crippen LogP contribution >= 0.6 is 0 Å². The summed E-state index contributed by atoms with van der Waals surface area (Å²) < 4.78 is 0. The average molecular weight is 238 g/mol. The summed E-state index contributed by atoms with van der Waals surface area (Å²) in [7, 11) is 0. The molecule has 0 aromatic heterocycles. The molecule has 18 heavy (non-hydrogen) atoms. The molecule has 0 amide bonds. The maximum atomic E-state index is 10.6. The summed E-state index contributed by atoms with van der Waals surface area (Å²) in [4.78, 5) is 0. The van der Waals surface area contributed by atoms with Gasteiger partial charge in [-0.15, -0.1) is 0 Å². The number of rotatable bonds is 2. The zero-order valence-corrected chi connectivity index (χ0v) is 10.4. The molecule has 1 aliphatic carbocycles. The van der Waals surface area contributed by atoms with Crippen LogP contribution in [0.3, 0.4) is 0 Å². The minimum absolute atomic E-state index is 0.268. The Balaban J connectivity index is 2.03. The van der Waals surface area contributed by atoms with Crippen LogP contribution in [0.25, 0.3) is 10.8 Å². The lowest BCUT2D eigenvalue weighted by Gasteiger charge is -2.23. The number of allylic oxidation sites excluding steroid dienone is 1. The quantitative estimate of drug-likeness (QED) is 0.776. The Hall–Kier alpha value is -1.60. The highest BCUT2D eigenvalue weighted by atomic mass is 16.3. The molecule has 2 aromatic rings. The molecule has 0 heterocycles. The van der Waals surface area contributed by atoms with Crippen LogP contribution in [0.4, 0.5) is 0 Å². The average Bonchev–Trinajstić information content (AvgIpc) is 2.47. The smallest absolute Gasteiger partial charge is 0.0858 e. The van der Waals surface area contributed by atoms with Crippen LogP contribution in [-0.2, 0) is 0 Å². The van der Waals surface area contributed by atoms with Crippen LogP contribution in [0.2, 0.25) is 0 Å². The molecule has 1 nitrogen and oxygen atoms in total. The maximum Gasteiger partial charge on any atom is 0.0858 e. The van der Waals surface area contributed by atoms with Crippen molar-refractivity contribution in [1.82, 2.24) is 0 Å². The SMILES string of the molecule is O[C@@H](c1cccc2ccccc12)[C@@H]1C=CCCC1. The minimum Gasteiger partial charge on any atom is -0.388 e. The molecule has 0 saturated heterocycles. The Morgan fingerprint density at radius 1 is 1.06 bits per heavy atom. The largest absolute Gasteiger partial charge is 0.388 e. The second-order valence-corrected chi connectivity index (χ2v) is 5.04. The number of benzene rings is 2. The topological polar surface area (TPSA) is 20.2 Å². The predicted octanol–water partition coefficient (Wildman–Crippen LogP) is 4.23. The molecule has 0 bridgehead atoms. The van der Waals surface area contributed by atoms with Crippen LogP contribution in [0, 0.1) is 5.92 Å². The van der Waals surface area contributed by atoms with Crippen molar-refractivity contribution in [2.75, 3.05) is 0 Å². The Morgan fingerprint density at radius 2 is 1.89 bits per heavy atom. The first-order chi connectivity index (χ1) is 8.86. The molecular weight excluding hydrogens is 220 g/mol. The third-order valence-corrected chi connectivity index (χ3v) is 3.84. The van der Waals surface area contributed by atoms with E-state index in [1.54, 1.807) is 0 Å². The molecule has 2 aromatic carbocycles. The molecule has 0 unspecified atom stereocenters. The van der Waals surface area contributed by atoms with E-state index in [2.05, 4.69) is 36.4 Å². The monoisotopic (exact) mass is 238 g/mol. The molecule has 1 aliphatic rings. The van der Waals surface area contributed by atoms with Crippen molar-refractivity contribution in [2.24, 2.45) is 5.92 Å². The van der Waals surface area contributed by atoms with Gasteiger partial charge in [0, 0.05) is 5.92 Å². The van der Waals surface area contributed by atoms with Gasteiger partial charge in [-0.1, -0.05) is 54.6 Å². The molecule has 0 radical (unpaired) electrons. The van der Waals surface area contributed by atoms with Gasteiger partial charge in [0.2, 0.25) is 0 Å². The van der Waals surface area contributed by atoms with Gasteiger partial charge in [-0.05, 0) is 35.6 Å². The van der Waals surface area contributed by atoms with Crippen LogP contribution in [0.1, 0.15) is 30.9 Å². The van der Waals surface area contributed by atoms with Gasteiger partial charge >= 0.3 is 0 Å². The van der Waals surface area contributed by atoms with E-state index >= 15 is 0 Å². The number of fused-ring (bicyclic) bond motifs is 1. The fourth-order valence-corrected chi connectivity index (χ4v) is 2.84. The molecule has 2 atom stereocenters. The number of aliphatic hydroxyl groups is 1. The summed E-state index contributed by atoms with van der Waals surface area (Å²) in [6.45, 7) is 0. The van der Waals surface area contributed by atoms with Gasteiger partial charge < -0.3 is 5.11 Å². The standard InChI is InChI=1S/C17H18O/c18-17(14-8-2-1-3-9-14)16-12-6-10-13-7-4-5-11-15(13)16/h2,4-8,10-12,14,17-18H,1,3,9H2/t14-,17-/m1/s1. The predicted molar refractivity (Wildman–Crippen MR) is 75.4 cm³/mol. The Kier molecular flexibility index (Phi) is 3.16. The van der Waals surface area contributed by atoms with Gasteiger partial charge in [0.05, 0.1) is 6.10 Å². The summed E-state index contributed by atoms with van der Waals surface area (Å²) in [5.74, 6) is 0.268. The van der Waals surface area contributed by atoms with Gasteiger partial charge in [-0.2, -0.15) is 0 Å². The van der Waals surface area contributed by atoms with Crippen molar-refractivity contribution < 1.29 is 5.11 Å². The van der Waals surface area contributed by atoms with Gasteiger partial charge in [0.25, 0.3) is 0 Å². The Morgan fingerprint density at radius 3 is 2.72 bits per heavy atom. The first-order valence-corrected chi connectivity index (χ1v) is 6.68. The van der Waals surface area contributed by atoms with Crippen molar-refractivity contribution in [3.8, 4) is 0 Å². The van der Waals surface area contributed by atoms with Gasteiger partial charge in [-0.25, -0.2) is 0 Å². The van der Waals surface area contributed by atoms with E-state index in [1.807, 2.05) is 18.2 Å². The second-order valence-electron chi connectivity index (χ2n) is 5.04. The van der Waals surface area contributed by atoms with Crippen LogP contribution in [0.15, 0.2) is 54.6 Å². The third kappa shape index (κ3) is 2.06. The van der Waals surface area contributed by atoms with Crippen molar-refractivity contribution in [2.45, 2.75) is 25.4 Å². The zero-order chi connectivity index (χ0) is 12.4. The number of aliphatic hydroxyl groups excluding tert-OH is 1. The summed E-state index contributed by atoms with van der Waals surface area (Å²) in [5.41, 5.74) is 1.06. The minimum atomic E-state index is -0.382. The first kappa shape index (κ1) is 11.5. The van der Waals surface area contributed by atoms with Crippen LogP contribution in [-0.4, -0.2) is 5.11 Å². The van der Waals surface area contributed by atoms with E-state index in [1.165, 1.54) is 17.2 Å². The Labute approximate surface area is 108 Å². The summed E-state index contributed by atoms with van der Waals surface area (Å²) >= 11 is 0. The van der Waals surface area contributed by atoms with Crippen molar-refractivity contribution >= 4 is 10.8 Å². The second kappa shape index (κ2) is 4.95. The number of hydrogen-bond acceptors (Lipinski definition) is 1. The summed E-state index contributed by atoms with van der Waals surface area (Å²) in [5, 5.41) is 13.0. The Bertz CT molecular complexity index is 565. The fraction of sp³-hybridized carbons (Fsp3) is 0.294. The molecule has 1 heteroatoms. The van der Waals surface area contributed by atoms with E-state index in [9.17, 15) is 5.11 Å². The van der Waals surface area contributed by atoms with E-state index < -0.39 is 0 Å². The van der Waals surface area contributed by atoms with Crippen molar-refractivity contribution in [1.29, 1.82) is 0 Å². The molecule has 1 N–H and O–H groups in total. The van der Waals surface area contributed by atoms with Crippen LogP contribution < -0.4 is 0 Å². The van der Waals surface area contributed by atoms with Gasteiger partial charge in [-0.3, -0.25) is 0 Å². The molecule has 3 rings (SSSR count). The molecule has 92 valence electrons. The van der Waals surface area contributed by atoms with Crippen LogP contribution in [0.5, 0.6) is 0 Å². The van der Waals surface area contributed by atoms with Gasteiger partial charge in [0.15, 0.2) is 0 Å². The van der Waals surface area contributed by atoms with E-state index in [-0.39, 0.29) is 12.0 Å². The fourth-order valence-electron chi connectivity index (χ4n) is 2.84. The highest BCUT2D eigenvalue weighted by Crippen LogP contribution is 2.33. The highest BCUT2D eigenvalue weighted by Gasteiger charge is 2.21. The number of hydrogen-bond donors (Lipinski definition) is 1. The maximum absolute atomic E-state index is 10.6. The van der Waals surface area contributed by atoms with E-state index in [0.29, 0.717) is 0 Å². The normalized spacial score (nSPS) is 21.1. The molecule has 0 spiro atoms. The summed E-state index contributed by atoms with van der Waals surface area (Å²) in [6, 6.07) is 14.5. The summed E-state index contributed by atoms with van der Waals surface area (Å²) in [6.07, 6.45) is 7.41. The lowest BCUT2D eigenvalue weighted by molar-refractivity contribution is 0.125. The molecular formula is C17H18O. The molecule has 0 saturated carbocycles. The molecule has 0 aliphatic heterocycles. The first-order valence-electron chi connectivity index (χ1n) is 6.68. The molecule has 0 fully saturated rings. The lowest BCUT2D eigenvalue weighted by atomic mass is 9.86. The van der Waals surface area contributed by atoms with E-state index in [0.717, 1.165) is 18.4 Å². The zero-order valence-electron chi connectivity index (χ0n) is 10.4. The van der Waals surface area contributed by atoms with E-state index in [4.69, 9.17) is 0 Å². The van der Waals surface area contributed by atoms with Crippen molar-refractivity contribution in [3.63, 3.8) is 0 Å². The van der Waals surface area contributed by atoms with Gasteiger partial charge in [0.1, 0.15) is 0 Å². The lowest BCUT2D eigenvalue weighted by Crippen LogP contribution is -2.12. The highest BCUT2D eigenvalue weighted by molar-refractivity contribution is 5.86. The third-order valence-electron chi connectivity index (χ3n) is 3.84.